The monoisotopic (exact) mass is 484 g/mol. The van der Waals surface area contributed by atoms with E-state index >= 15 is 0 Å². The fourth-order valence-corrected chi connectivity index (χ4v) is 3.56. The molecule has 0 fully saturated rings. The molecule has 0 aliphatic heterocycles. The average molecular weight is 485 g/mol. The third-order valence-corrected chi connectivity index (χ3v) is 5.77. The van der Waals surface area contributed by atoms with E-state index in [9.17, 15) is 18.0 Å². The van der Waals surface area contributed by atoms with Crippen molar-refractivity contribution in [2.45, 2.75) is 18.7 Å². The standard InChI is InChI=1S/C23H32O9S/c1-18(2)22(24)31-15-13-29-11-9-28-10-12-30-14-16-32-23(25)20(4)17-33(26,27)21-7-5-19(3)6-8-21/h5-8H,1,4,9-17H2,2-3H3. The van der Waals surface area contributed by atoms with E-state index in [2.05, 4.69) is 13.2 Å². The van der Waals surface area contributed by atoms with Crippen molar-refractivity contribution in [1.82, 2.24) is 0 Å². The molecule has 0 aromatic heterocycles. The number of hydrogen-bond donors (Lipinski definition) is 0. The number of carbonyl (C=O) groups is 2. The predicted octanol–water partition coefficient (Wildman–Crippen LogP) is 2.04. The Hall–Kier alpha value is -2.53. The number of rotatable bonds is 17. The Bertz CT molecular complexity index is 889. The van der Waals surface area contributed by atoms with Crippen LogP contribution in [-0.2, 0) is 43.1 Å². The third-order valence-electron chi connectivity index (χ3n) is 4.05. The largest absolute Gasteiger partial charge is 0.460 e. The predicted molar refractivity (Wildman–Crippen MR) is 122 cm³/mol. The van der Waals surface area contributed by atoms with E-state index in [1.807, 2.05) is 6.92 Å². The number of hydrogen-bond acceptors (Lipinski definition) is 9. The summed E-state index contributed by atoms with van der Waals surface area (Å²) in [6.07, 6.45) is 0. The summed E-state index contributed by atoms with van der Waals surface area (Å²) in [6, 6.07) is 6.36. The molecule has 0 unspecified atom stereocenters. The Morgan fingerprint density at radius 1 is 0.758 bits per heavy atom. The normalized spacial score (nSPS) is 11.1. The SMILES string of the molecule is C=C(C)C(=O)OCCOCCOCCOCCOC(=O)C(=C)CS(=O)(=O)c1ccc(C)cc1. The second-order valence-corrected chi connectivity index (χ2v) is 9.05. The summed E-state index contributed by atoms with van der Waals surface area (Å²) >= 11 is 0. The van der Waals surface area contributed by atoms with Crippen LogP contribution < -0.4 is 0 Å². The lowest BCUT2D eigenvalue weighted by Gasteiger charge is -2.09. The molecular formula is C23H32O9S. The van der Waals surface area contributed by atoms with Gasteiger partial charge in [0.25, 0.3) is 0 Å². The molecule has 10 heteroatoms. The van der Waals surface area contributed by atoms with Gasteiger partial charge in [-0.15, -0.1) is 0 Å². The van der Waals surface area contributed by atoms with Crippen LogP contribution >= 0.6 is 0 Å². The van der Waals surface area contributed by atoms with Gasteiger partial charge in [0.05, 0.1) is 50.3 Å². The summed E-state index contributed by atoms with van der Waals surface area (Å²) in [5.41, 5.74) is 1.13. The molecule has 0 heterocycles. The molecule has 1 aromatic carbocycles. The van der Waals surface area contributed by atoms with E-state index < -0.39 is 27.5 Å². The number of aryl methyl sites for hydroxylation is 1. The molecular weight excluding hydrogens is 452 g/mol. The molecule has 0 radical (unpaired) electrons. The quantitative estimate of drug-likeness (QED) is 0.186. The summed E-state index contributed by atoms with van der Waals surface area (Å²) in [6.45, 7) is 12.2. The molecule has 0 saturated carbocycles. The average Bonchev–Trinajstić information content (AvgIpc) is 2.76. The zero-order valence-corrected chi connectivity index (χ0v) is 20.0. The third kappa shape index (κ3) is 12.3. The van der Waals surface area contributed by atoms with Gasteiger partial charge >= 0.3 is 11.9 Å². The van der Waals surface area contributed by atoms with Gasteiger partial charge in [0.15, 0.2) is 9.84 Å². The summed E-state index contributed by atoms with van der Waals surface area (Å²) in [7, 11) is -3.67. The van der Waals surface area contributed by atoms with E-state index in [0.717, 1.165) is 5.56 Å². The summed E-state index contributed by atoms with van der Waals surface area (Å²) in [5, 5.41) is 0. The molecule has 0 aliphatic carbocycles. The van der Waals surface area contributed by atoms with Gasteiger partial charge in [-0.2, -0.15) is 0 Å². The Labute approximate surface area is 195 Å². The highest BCUT2D eigenvalue weighted by atomic mass is 32.2. The van der Waals surface area contributed by atoms with Crippen molar-refractivity contribution in [3.8, 4) is 0 Å². The van der Waals surface area contributed by atoms with Crippen LogP contribution in [0, 0.1) is 6.92 Å². The summed E-state index contributed by atoms with van der Waals surface area (Å²) in [5.74, 6) is -1.74. The molecule has 0 N–H and O–H groups in total. The number of ether oxygens (including phenoxy) is 5. The highest BCUT2D eigenvalue weighted by molar-refractivity contribution is 7.91. The van der Waals surface area contributed by atoms with Crippen molar-refractivity contribution in [1.29, 1.82) is 0 Å². The second-order valence-electron chi connectivity index (χ2n) is 7.06. The van der Waals surface area contributed by atoms with Gasteiger partial charge in [-0.05, 0) is 26.0 Å². The van der Waals surface area contributed by atoms with Crippen LogP contribution in [0.1, 0.15) is 12.5 Å². The number of benzene rings is 1. The smallest absolute Gasteiger partial charge is 0.334 e. The van der Waals surface area contributed by atoms with Crippen LogP contribution in [0.25, 0.3) is 0 Å². The van der Waals surface area contributed by atoms with Gasteiger partial charge < -0.3 is 23.7 Å². The minimum atomic E-state index is -3.67. The number of esters is 2. The lowest BCUT2D eigenvalue weighted by molar-refractivity contribution is -0.141. The van der Waals surface area contributed by atoms with Crippen LogP contribution in [0.5, 0.6) is 0 Å². The van der Waals surface area contributed by atoms with E-state index in [-0.39, 0.29) is 43.5 Å². The molecule has 0 amide bonds. The minimum Gasteiger partial charge on any atom is -0.460 e. The van der Waals surface area contributed by atoms with Crippen molar-refractivity contribution < 1.29 is 41.7 Å². The van der Waals surface area contributed by atoms with Gasteiger partial charge in [0, 0.05) is 11.1 Å². The first-order chi connectivity index (χ1) is 15.6. The Kier molecular flexibility index (Phi) is 13.2. The van der Waals surface area contributed by atoms with Gasteiger partial charge in [-0.1, -0.05) is 30.9 Å². The fraction of sp³-hybridized carbons (Fsp3) is 0.478. The van der Waals surface area contributed by atoms with Crippen molar-refractivity contribution in [3.63, 3.8) is 0 Å². The zero-order valence-electron chi connectivity index (χ0n) is 19.2. The maximum Gasteiger partial charge on any atom is 0.334 e. The molecule has 33 heavy (non-hydrogen) atoms. The molecule has 1 rings (SSSR count). The lowest BCUT2D eigenvalue weighted by atomic mass is 10.2. The minimum absolute atomic E-state index is 0.0333. The second kappa shape index (κ2) is 15.3. The van der Waals surface area contributed by atoms with E-state index in [1.165, 1.54) is 12.1 Å². The van der Waals surface area contributed by atoms with Crippen LogP contribution in [0.3, 0.4) is 0 Å². The lowest BCUT2D eigenvalue weighted by Crippen LogP contribution is -2.19. The van der Waals surface area contributed by atoms with E-state index in [4.69, 9.17) is 23.7 Å². The molecule has 0 atom stereocenters. The summed E-state index contributed by atoms with van der Waals surface area (Å²) < 4.78 is 50.4. The van der Waals surface area contributed by atoms with Crippen LogP contribution in [0.15, 0.2) is 53.5 Å². The Balaban J connectivity index is 2.04. The Morgan fingerprint density at radius 3 is 1.64 bits per heavy atom. The van der Waals surface area contributed by atoms with Gasteiger partial charge in [0.1, 0.15) is 13.2 Å². The fourth-order valence-electron chi connectivity index (χ4n) is 2.27. The number of sulfone groups is 1. The highest BCUT2D eigenvalue weighted by Crippen LogP contribution is 2.15. The topological polar surface area (TPSA) is 114 Å². The van der Waals surface area contributed by atoms with Gasteiger partial charge in [-0.3, -0.25) is 0 Å². The van der Waals surface area contributed by atoms with Crippen molar-refractivity contribution >= 4 is 21.8 Å². The van der Waals surface area contributed by atoms with Crippen molar-refractivity contribution in [3.05, 3.63) is 54.1 Å². The van der Waals surface area contributed by atoms with Crippen molar-refractivity contribution in [2.24, 2.45) is 0 Å². The van der Waals surface area contributed by atoms with Gasteiger partial charge in [0.2, 0.25) is 0 Å². The first-order valence-electron chi connectivity index (χ1n) is 10.3. The zero-order chi connectivity index (χ0) is 24.7. The maximum atomic E-state index is 12.3. The molecule has 0 aliphatic rings. The number of carbonyl (C=O) groups excluding carboxylic acids is 2. The molecule has 0 spiro atoms. The van der Waals surface area contributed by atoms with Crippen LogP contribution in [0.2, 0.25) is 0 Å². The highest BCUT2D eigenvalue weighted by Gasteiger charge is 2.20. The van der Waals surface area contributed by atoms with E-state index in [0.29, 0.717) is 25.4 Å². The molecule has 184 valence electrons. The first kappa shape index (κ1) is 28.5. The van der Waals surface area contributed by atoms with Gasteiger partial charge in [-0.25, -0.2) is 18.0 Å². The van der Waals surface area contributed by atoms with Crippen molar-refractivity contribution in [2.75, 3.05) is 58.6 Å². The Morgan fingerprint density at radius 2 is 1.18 bits per heavy atom. The van der Waals surface area contributed by atoms with Crippen LogP contribution in [0.4, 0.5) is 0 Å². The molecule has 9 nitrogen and oxygen atoms in total. The molecule has 0 bridgehead atoms. The molecule has 0 saturated heterocycles. The van der Waals surface area contributed by atoms with Crippen LogP contribution in [-0.4, -0.2) is 79.0 Å². The van der Waals surface area contributed by atoms with E-state index in [1.54, 1.807) is 19.1 Å². The maximum absolute atomic E-state index is 12.3. The summed E-state index contributed by atoms with van der Waals surface area (Å²) in [4.78, 5) is 23.2. The molecule has 1 aromatic rings. The first-order valence-corrected chi connectivity index (χ1v) is 12.0.